The van der Waals surface area contributed by atoms with Gasteiger partial charge < -0.3 is 15.8 Å². The van der Waals surface area contributed by atoms with Gasteiger partial charge in [-0.2, -0.15) is 0 Å². The van der Waals surface area contributed by atoms with E-state index < -0.39 is 0 Å². The maximum Gasteiger partial charge on any atom is 0.234 e. The molecule has 0 aromatic carbocycles. The van der Waals surface area contributed by atoms with Crippen molar-refractivity contribution in [2.45, 2.75) is 39.5 Å². The first kappa shape index (κ1) is 14.6. The summed E-state index contributed by atoms with van der Waals surface area (Å²) in [5.74, 6) is -0.208. The lowest BCUT2D eigenvalue weighted by Gasteiger charge is -2.19. The van der Waals surface area contributed by atoms with E-state index in [9.17, 15) is 4.79 Å². The molecule has 7 nitrogen and oxygen atoms in total. The molecule has 0 fully saturated rings. The monoisotopic (exact) mass is 255 g/mol. The van der Waals surface area contributed by atoms with Gasteiger partial charge in [-0.15, -0.1) is 5.10 Å². The van der Waals surface area contributed by atoms with Crippen LogP contribution in [0.5, 0.6) is 0 Å². The number of carbonyl (C=O) groups excluding carboxylic acids is 1. The van der Waals surface area contributed by atoms with Crippen LogP contribution in [0.2, 0.25) is 0 Å². The van der Waals surface area contributed by atoms with Crippen LogP contribution in [0.1, 0.15) is 26.5 Å². The van der Waals surface area contributed by atoms with Crippen LogP contribution in [0, 0.1) is 0 Å². The summed E-state index contributed by atoms with van der Waals surface area (Å²) in [4.78, 5) is 11.0. The highest BCUT2D eigenvalue weighted by atomic mass is 16.5. The van der Waals surface area contributed by atoms with Crippen molar-refractivity contribution in [2.75, 3.05) is 13.2 Å². The molecule has 0 aliphatic carbocycles. The maximum atomic E-state index is 11.0. The molecule has 0 saturated heterocycles. The number of aromatic nitrogens is 3. The molecule has 1 aromatic heterocycles. The lowest BCUT2D eigenvalue weighted by Crippen LogP contribution is -2.29. The zero-order valence-corrected chi connectivity index (χ0v) is 11.1. The van der Waals surface area contributed by atoms with Crippen molar-refractivity contribution in [1.29, 1.82) is 0 Å². The lowest BCUT2D eigenvalue weighted by atomic mass is 10.2. The summed E-state index contributed by atoms with van der Waals surface area (Å²) >= 11 is 0. The Bertz CT molecular complexity index is 383. The van der Waals surface area contributed by atoms with Crippen LogP contribution in [-0.4, -0.2) is 39.7 Å². The van der Waals surface area contributed by atoms with Gasteiger partial charge in [0, 0.05) is 0 Å². The van der Waals surface area contributed by atoms with Gasteiger partial charge >= 0.3 is 0 Å². The Morgan fingerprint density at radius 3 is 2.89 bits per heavy atom. The number of nitrogens with two attached hydrogens (primary N) is 1. The number of nitrogens with zero attached hydrogens (tertiary/aromatic N) is 3. The highest BCUT2D eigenvalue weighted by molar-refractivity contribution is 5.77. The molecule has 102 valence electrons. The van der Waals surface area contributed by atoms with Crippen molar-refractivity contribution in [3.05, 3.63) is 11.9 Å². The van der Waals surface area contributed by atoms with Gasteiger partial charge in [0.25, 0.3) is 0 Å². The van der Waals surface area contributed by atoms with Crippen molar-refractivity contribution in [3.63, 3.8) is 0 Å². The van der Waals surface area contributed by atoms with E-state index in [4.69, 9.17) is 10.5 Å². The summed E-state index contributed by atoms with van der Waals surface area (Å²) < 4.78 is 7.27. The maximum absolute atomic E-state index is 11.0. The smallest absolute Gasteiger partial charge is 0.234 e. The number of carbonyl (C=O) groups is 1. The van der Waals surface area contributed by atoms with E-state index in [1.165, 1.54) is 0 Å². The molecule has 0 bridgehead atoms. The van der Waals surface area contributed by atoms with E-state index in [0.717, 1.165) is 0 Å². The Morgan fingerprint density at radius 2 is 2.28 bits per heavy atom. The van der Waals surface area contributed by atoms with Gasteiger partial charge in [-0.25, -0.2) is 4.68 Å². The summed E-state index contributed by atoms with van der Waals surface area (Å²) in [6, 6.07) is 0. The lowest BCUT2D eigenvalue weighted by molar-refractivity contribution is -0.119. The summed E-state index contributed by atoms with van der Waals surface area (Å²) in [5.41, 5.74) is 5.73. The Hall–Kier alpha value is -1.47. The molecular formula is C11H21N5O2. The van der Waals surface area contributed by atoms with E-state index in [1.807, 2.05) is 20.8 Å². The van der Waals surface area contributed by atoms with Crippen LogP contribution in [0.4, 0.5) is 0 Å². The predicted octanol–water partition coefficient (Wildman–Crippen LogP) is -0.332. The van der Waals surface area contributed by atoms with Gasteiger partial charge in [-0.05, 0) is 20.8 Å². The third kappa shape index (κ3) is 5.74. The minimum atomic E-state index is -0.208. The molecule has 18 heavy (non-hydrogen) atoms. The number of hydrogen-bond acceptors (Lipinski definition) is 5. The Balaban J connectivity index is 2.32. The number of nitrogens with one attached hydrogen (secondary N) is 1. The van der Waals surface area contributed by atoms with E-state index >= 15 is 0 Å². The summed E-state index contributed by atoms with van der Waals surface area (Å²) in [6.45, 7) is 7.53. The molecule has 0 unspecified atom stereocenters. The normalized spacial score (nSPS) is 11.6. The molecule has 0 spiro atoms. The predicted molar refractivity (Wildman–Crippen MR) is 66.6 cm³/mol. The molecule has 1 heterocycles. The van der Waals surface area contributed by atoms with Gasteiger partial charge in [0.1, 0.15) is 5.69 Å². The zero-order valence-electron chi connectivity index (χ0n) is 11.1. The first-order valence-electron chi connectivity index (χ1n) is 5.90. The Kier molecular flexibility index (Phi) is 5.24. The average Bonchev–Trinajstić information content (AvgIpc) is 2.72. The molecular weight excluding hydrogens is 234 g/mol. The Morgan fingerprint density at radius 1 is 1.56 bits per heavy atom. The van der Waals surface area contributed by atoms with E-state index in [2.05, 4.69) is 15.6 Å². The zero-order chi connectivity index (χ0) is 13.6. The number of hydrogen-bond donors (Lipinski definition) is 2. The second kappa shape index (κ2) is 6.46. The highest BCUT2D eigenvalue weighted by Gasteiger charge is 2.10. The topological polar surface area (TPSA) is 95.1 Å². The van der Waals surface area contributed by atoms with Gasteiger partial charge in [0.15, 0.2) is 0 Å². The molecule has 1 amide bonds. The highest BCUT2D eigenvalue weighted by Crippen LogP contribution is 2.06. The van der Waals surface area contributed by atoms with E-state index in [1.54, 1.807) is 10.9 Å². The van der Waals surface area contributed by atoms with E-state index in [-0.39, 0.29) is 18.1 Å². The van der Waals surface area contributed by atoms with Crippen LogP contribution in [0.3, 0.4) is 0 Å². The average molecular weight is 255 g/mol. The summed E-state index contributed by atoms with van der Waals surface area (Å²) in [5, 5.41) is 10.5. The SMILES string of the molecule is CC(C)(C)OCCn1cc(CNC(=O)CN)nn1. The molecule has 1 rings (SSSR count). The van der Waals surface area contributed by atoms with Gasteiger partial charge in [0.2, 0.25) is 5.91 Å². The fourth-order valence-electron chi connectivity index (χ4n) is 1.24. The van der Waals surface area contributed by atoms with Crippen molar-refractivity contribution in [3.8, 4) is 0 Å². The standard InChI is InChI=1S/C11H21N5O2/c1-11(2,3)18-5-4-16-8-9(14-15-16)7-13-10(17)6-12/h8H,4-7,12H2,1-3H3,(H,13,17). The third-order valence-electron chi connectivity index (χ3n) is 2.09. The number of rotatable bonds is 6. The minimum absolute atomic E-state index is 0.0203. The Labute approximate surface area is 107 Å². The molecule has 1 aromatic rings. The molecule has 0 atom stereocenters. The second-order valence-electron chi connectivity index (χ2n) is 4.91. The number of amides is 1. The summed E-state index contributed by atoms with van der Waals surface area (Å²) in [7, 11) is 0. The fourth-order valence-corrected chi connectivity index (χ4v) is 1.24. The molecule has 0 saturated carbocycles. The van der Waals surface area contributed by atoms with Gasteiger partial charge in [0.05, 0.1) is 38.0 Å². The largest absolute Gasteiger partial charge is 0.374 e. The first-order valence-corrected chi connectivity index (χ1v) is 5.90. The molecule has 3 N–H and O–H groups in total. The number of ether oxygens (including phenoxy) is 1. The molecule has 0 aliphatic heterocycles. The second-order valence-corrected chi connectivity index (χ2v) is 4.91. The van der Waals surface area contributed by atoms with Crippen LogP contribution < -0.4 is 11.1 Å². The molecule has 0 aliphatic rings. The van der Waals surface area contributed by atoms with Crippen molar-refractivity contribution >= 4 is 5.91 Å². The quantitative estimate of drug-likeness (QED) is 0.725. The molecule has 7 heteroatoms. The van der Waals surface area contributed by atoms with Crippen molar-refractivity contribution < 1.29 is 9.53 Å². The van der Waals surface area contributed by atoms with Crippen molar-refractivity contribution in [1.82, 2.24) is 20.3 Å². The van der Waals surface area contributed by atoms with Crippen molar-refractivity contribution in [2.24, 2.45) is 5.73 Å². The van der Waals surface area contributed by atoms with Crippen LogP contribution >= 0.6 is 0 Å². The summed E-state index contributed by atoms with van der Waals surface area (Å²) in [6.07, 6.45) is 1.78. The first-order chi connectivity index (χ1) is 8.40. The third-order valence-corrected chi connectivity index (χ3v) is 2.09. The van der Waals surface area contributed by atoms with Gasteiger partial charge in [-0.1, -0.05) is 5.21 Å². The van der Waals surface area contributed by atoms with Gasteiger partial charge in [-0.3, -0.25) is 4.79 Å². The van der Waals surface area contributed by atoms with E-state index in [0.29, 0.717) is 25.4 Å². The van der Waals surface area contributed by atoms with Crippen LogP contribution in [0.15, 0.2) is 6.20 Å². The van der Waals surface area contributed by atoms with Crippen LogP contribution in [0.25, 0.3) is 0 Å². The van der Waals surface area contributed by atoms with Crippen LogP contribution in [-0.2, 0) is 22.6 Å². The fraction of sp³-hybridized carbons (Fsp3) is 0.727. The minimum Gasteiger partial charge on any atom is -0.374 e. The molecule has 0 radical (unpaired) electrons.